The van der Waals surface area contributed by atoms with Crippen LogP contribution in [0.1, 0.15) is 50.2 Å². The summed E-state index contributed by atoms with van der Waals surface area (Å²) in [6, 6.07) is 1.80. The molecule has 0 unspecified atom stereocenters. The third-order valence-corrected chi connectivity index (χ3v) is 4.02. The number of thiophene rings is 1. The Morgan fingerprint density at radius 3 is 2.11 bits per heavy atom. The first-order chi connectivity index (χ1) is 8.90. The van der Waals surface area contributed by atoms with E-state index in [0.717, 1.165) is 31.6 Å². The van der Waals surface area contributed by atoms with Crippen molar-refractivity contribution >= 4 is 23.0 Å². The second kappa shape index (κ2) is 7.53. The number of aromatic carboxylic acids is 1. The number of nitrogens with zero attached hydrogens (tertiary/aromatic N) is 1. The summed E-state index contributed by atoms with van der Waals surface area (Å²) in [4.78, 5) is 13.7. The Balaban J connectivity index is 2.72. The summed E-state index contributed by atoms with van der Waals surface area (Å²) < 4.78 is 0. The zero-order chi connectivity index (χ0) is 14.4. The van der Waals surface area contributed by atoms with Crippen LogP contribution in [0.2, 0.25) is 0 Å². The smallest absolute Gasteiger partial charge is 0.345 e. The SMILES string of the molecule is CC(C)CCN(CCC(C)C)c1csc(C(=O)O)c1. The maximum atomic E-state index is 11.0. The van der Waals surface area contributed by atoms with Gasteiger partial charge in [-0.3, -0.25) is 0 Å². The van der Waals surface area contributed by atoms with Gasteiger partial charge in [-0.15, -0.1) is 11.3 Å². The van der Waals surface area contributed by atoms with Crippen LogP contribution in [0.3, 0.4) is 0 Å². The van der Waals surface area contributed by atoms with Crippen molar-refractivity contribution in [2.24, 2.45) is 11.8 Å². The Bertz CT molecular complexity index is 387. The summed E-state index contributed by atoms with van der Waals surface area (Å²) in [5.74, 6) is 0.502. The highest BCUT2D eigenvalue weighted by atomic mass is 32.1. The Morgan fingerprint density at radius 1 is 1.21 bits per heavy atom. The number of rotatable bonds is 8. The van der Waals surface area contributed by atoms with E-state index in [1.54, 1.807) is 6.07 Å². The number of hydrogen-bond donors (Lipinski definition) is 1. The lowest BCUT2D eigenvalue weighted by molar-refractivity contribution is 0.0702. The van der Waals surface area contributed by atoms with Crippen molar-refractivity contribution < 1.29 is 9.90 Å². The van der Waals surface area contributed by atoms with Crippen LogP contribution < -0.4 is 4.90 Å². The van der Waals surface area contributed by atoms with Crippen molar-refractivity contribution in [3.8, 4) is 0 Å². The predicted molar refractivity (Wildman–Crippen MR) is 82.4 cm³/mol. The standard InChI is InChI=1S/C15H25NO2S/c1-11(2)5-7-16(8-6-12(3)4)13-9-14(15(17)18)19-10-13/h9-12H,5-8H2,1-4H3,(H,17,18). The van der Waals surface area contributed by atoms with Gasteiger partial charge in [-0.05, 0) is 30.7 Å². The molecule has 0 saturated heterocycles. The van der Waals surface area contributed by atoms with Crippen molar-refractivity contribution in [2.75, 3.05) is 18.0 Å². The first kappa shape index (κ1) is 16.0. The molecule has 19 heavy (non-hydrogen) atoms. The third kappa shape index (κ3) is 5.64. The summed E-state index contributed by atoms with van der Waals surface area (Å²) in [6.07, 6.45) is 2.27. The molecule has 1 heterocycles. The Hall–Kier alpha value is -1.03. The summed E-state index contributed by atoms with van der Waals surface area (Å²) in [6.45, 7) is 10.9. The van der Waals surface area contributed by atoms with Gasteiger partial charge in [-0.1, -0.05) is 27.7 Å². The average Bonchev–Trinajstić information content (AvgIpc) is 2.77. The molecule has 0 aliphatic heterocycles. The number of hydrogen-bond acceptors (Lipinski definition) is 3. The minimum Gasteiger partial charge on any atom is -0.477 e. The molecule has 1 rings (SSSR count). The van der Waals surface area contributed by atoms with E-state index >= 15 is 0 Å². The van der Waals surface area contributed by atoms with E-state index < -0.39 is 5.97 Å². The molecule has 1 aromatic rings. The third-order valence-electron chi connectivity index (χ3n) is 3.11. The summed E-state index contributed by atoms with van der Waals surface area (Å²) in [5, 5.41) is 11.0. The second-order valence-electron chi connectivity index (χ2n) is 5.83. The van der Waals surface area contributed by atoms with Crippen LogP contribution >= 0.6 is 11.3 Å². The van der Waals surface area contributed by atoms with Gasteiger partial charge in [0.1, 0.15) is 4.88 Å². The van der Waals surface area contributed by atoms with Gasteiger partial charge in [0.25, 0.3) is 0 Å². The molecule has 108 valence electrons. The lowest BCUT2D eigenvalue weighted by Gasteiger charge is -2.25. The lowest BCUT2D eigenvalue weighted by atomic mass is 10.1. The maximum Gasteiger partial charge on any atom is 0.345 e. The van der Waals surface area contributed by atoms with Crippen LogP contribution in [0.25, 0.3) is 0 Å². The largest absolute Gasteiger partial charge is 0.477 e. The fourth-order valence-corrected chi connectivity index (χ4v) is 2.56. The van der Waals surface area contributed by atoms with E-state index in [1.165, 1.54) is 11.3 Å². The highest BCUT2D eigenvalue weighted by Crippen LogP contribution is 2.24. The maximum absolute atomic E-state index is 11.0. The van der Waals surface area contributed by atoms with E-state index in [0.29, 0.717) is 16.7 Å². The van der Waals surface area contributed by atoms with Crippen LogP contribution in [-0.2, 0) is 0 Å². The molecule has 0 spiro atoms. The minimum absolute atomic E-state index is 0.425. The average molecular weight is 283 g/mol. The van der Waals surface area contributed by atoms with Crippen molar-refractivity contribution in [1.82, 2.24) is 0 Å². The molecule has 0 bridgehead atoms. The van der Waals surface area contributed by atoms with Gasteiger partial charge in [-0.25, -0.2) is 4.79 Å². The molecule has 3 nitrogen and oxygen atoms in total. The lowest BCUT2D eigenvalue weighted by Crippen LogP contribution is -2.27. The first-order valence-corrected chi connectivity index (χ1v) is 7.85. The fraction of sp³-hybridized carbons (Fsp3) is 0.667. The molecule has 1 aromatic heterocycles. The van der Waals surface area contributed by atoms with Gasteiger partial charge in [0.15, 0.2) is 0 Å². The normalized spacial score (nSPS) is 11.3. The van der Waals surface area contributed by atoms with Crippen LogP contribution in [0.15, 0.2) is 11.4 Å². The molecular formula is C15H25NO2S. The van der Waals surface area contributed by atoms with Gasteiger partial charge in [-0.2, -0.15) is 0 Å². The zero-order valence-electron chi connectivity index (χ0n) is 12.3. The topological polar surface area (TPSA) is 40.5 Å². The van der Waals surface area contributed by atoms with Crippen molar-refractivity contribution in [3.05, 3.63) is 16.3 Å². The fourth-order valence-electron chi connectivity index (χ4n) is 1.80. The molecule has 0 fully saturated rings. The van der Waals surface area contributed by atoms with E-state index in [-0.39, 0.29) is 0 Å². The highest BCUT2D eigenvalue weighted by molar-refractivity contribution is 7.12. The molecule has 0 amide bonds. The Labute approximate surface area is 120 Å². The number of carbonyl (C=O) groups is 1. The Kier molecular flexibility index (Phi) is 6.35. The summed E-state index contributed by atoms with van der Waals surface area (Å²) >= 11 is 1.31. The molecule has 0 aliphatic carbocycles. The monoisotopic (exact) mass is 283 g/mol. The molecule has 0 aromatic carbocycles. The van der Waals surface area contributed by atoms with Gasteiger partial charge in [0.05, 0.1) is 0 Å². The Morgan fingerprint density at radius 2 is 1.74 bits per heavy atom. The molecule has 0 aliphatic rings. The molecule has 0 atom stereocenters. The van der Waals surface area contributed by atoms with Gasteiger partial charge < -0.3 is 10.0 Å². The molecule has 0 saturated carbocycles. The number of carboxylic acid groups (broad SMARTS) is 1. The highest BCUT2D eigenvalue weighted by Gasteiger charge is 2.13. The van der Waals surface area contributed by atoms with Crippen LogP contribution in [0.4, 0.5) is 5.69 Å². The van der Waals surface area contributed by atoms with Crippen LogP contribution in [0.5, 0.6) is 0 Å². The van der Waals surface area contributed by atoms with Crippen LogP contribution in [-0.4, -0.2) is 24.2 Å². The first-order valence-electron chi connectivity index (χ1n) is 6.97. The van der Waals surface area contributed by atoms with Crippen molar-refractivity contribution in [3.63, 3.8) is 0 Å². The van der Waals surface area contributed by atoms with Gasteiger partial charge >= 0.3 is 5.97 Å². The second-order valence-corrected chi connectivity index (χ2v) is 6.74. The predicted octanol–water partition coefficient (Wildman–Crippen LogP) is 4.34. The number of carboxylic acids is 1. The van der Waals surface area contributed by atoms with Gasteiger partial charge in [0.2, 0.25) is 0 Å². The van der Waals surface area contributed by atoms with Gasteiger partial charge in [0, 0.05) is 24.2 Å². The molecule has 0 radical (unpaired) electrons. The van der Waals surface area contributed by atoms with E-state index in [9.17, 15) is 4.79 Å². The van der Waals surface area contributed by atoms with E-state index in [1.807, 2.05) is 5.38 Å². The molecular weight excluding hydrogens is 258 g/mol. The quantitative estimate of drug-likeness (QED) is 0.771. The van der Waals surface area contributed by atoms with E-state index in [4.69, 9.17) is 5.11 Å². The zero-order valence-corrected chi connectivity index (χ0v) is 13.2. The van der Waals surface area contributed by atoms with Crippen molar-refractivity contribution in [2.45, 2.75) is 40.5 Å². The summed E-state index contributed by atoms with van der Waals surface area (Å²) in [7, 11) is 0. The number of anilines is 1. The summed E-state index contributed by atoms with van der Waals surface area (Å²) in [5.41, 5.74) is 1.06. The van der Waals surface area contributed by atoms with Crippen LogP contribution in [0, 0.1) is 11.8 Å². The van der Waals surface area contributed by atoms with Crippen molar-refractivity contribution in [1.29, 1.82) is 0 Å². The minimum atomic E-state index is -0.830. The van der Waals surface area contributed by atoms with E-state index in [2.05, 4.69) is 32.6 Å². The molecule has 1 N–H and O–H groups in total. The molecule has 4 heteroatoms.